The van der Waals surface area contributed by atoms with Crippen LogP contribution in [0.1, 0.15) is 12.5 Å². The Morgan fingerprint density at radius 2 is 1.81 bits per heavy atom. The maximum atomic E-state index is 11.3. The van der Waals surface area contributed by atoms with Crippen molar-refractivity contribution in [2.75, 3.05) is 19.8 Å². The van der Waals surface area contributed by atoms with Crippen LogP contribution in [0.3, 0.4) is 0 Å². The molecule has 0 unspecified atom stereocenters. The van der Waals surface area contributed by atoms with Crippen molar-refractivity contribution < 1.29 is 19.0 Å². The van der Waals surface area contributed by atoms with Crippen LogP contribution in [0.5, 0.6) is 11.5 Å². The third kappa shape index (κ3) is 5.99. The van der Waals surface area contributed by atoms with Gasteiger partial charge in [0.05, 0.1) is 6.61 Å². The first-order valence-corrected chi connectivity index (χ1v) is 6.67. The zero-order valence-corrected chi connectivity index (χ0v) is 12.2. The van der Waals surface area contributed by atoms with Gasteiger partial charge in [-0.1, -0.05) is 31.4 Å². The maximum absolute atomic E-state index is 11.3. The molecule has 0 amide bonds. The molecule has 0 aliphatic heterocycles. The summed E-state index contributed by atoms with van der Waals surface area (Å²) in [5, 5.41) is 0. The van der Waals surface area contributed by atoms with Gasteiger partial charge in [0.15, 0.2) is 11.5 Å². The minimum atomic E-state index is -0.377. The molecule has 1 aromatic carbocycles. The van der Waals surface area contributed by atoms with Crippen molar-refractivity contribution in [1.29, 1.82) is 0 Å². The van der Waals surface area contributed by atoms with Crippen molar-refractivity contribution in [3.8, 4) is 11.5 Å². The van der Waals surface area contributed by atoms with E-state index in [1.54, 1.807) is 37.3 Å². The molecule has 0 saturated carbocycles. The summed E-state index contributed by atoms with van der Waals surface area (Å²) in [6.07, 6.45) is 6.35. The summed E-state index contributed by atoms with van der Waals surface area (Å²) >= 11 is 0. The summed E-state index contributed by atoms with van der Waals surface area (Å²) in [7, 11) is 0. The number of rotatable bonds is 9. The Morgan fingerprint density at radius 1 is 1.14 bits per heavy atom. The lowest BCUT2D eigenvalue weighted by atomic mass is 10.2. The Hall–Kier alpha value is -2.49. The fourth-order valence-corrected chi connectivity index (χ4v) is 1.51. The summed E-state index contributed by atoms with van der Waals surface area (Å²) in [5.74, 6) is 0.825. The second-order valence-electron chi connectivity index (χ2n) is 3.99. The van der Waals surface area contributed by atoms with Crippen LogP contribution in [0.2, 0.25) is 0 Å². The van der Waals surface area contributed by atoms with Gasteiger partial charge in [0.1, 0.15) is 13.2 Å². The monoisotopic (exact) mass is 288 g/mol. The van der Waals surface area contributed by atoms with Gasteiger partial charge in [-0.25, -0.2) is 4.79 Å². The van der Waals surface area contributed by atoms with E-state index in [1.807, 2.05) is 6.07 Å². The van der Waals surface area contributed by atoms with Crippen molar-refractivity contribution in [2.24, 2.45) is 0 Å². The van der Waals surface area contributed by atoms with E-state index in [0.717, 1.165) is 5.56 Å². The Kier molecular flexibility index (Phi) is 7.43. The smallest absolute Gasteiger partial charge is 0.330 e. The van der Waals surface area contributed by atoms with Crippen LogP contribution in [-0.4, -0.2) is 25.8 Å². The number of ether oxygens (including phenoxy) is 3. The molecule has 0 saturated heterocycles. The average molecular weight is 288 g/mol. The van der Waals surface area contributed by atoms with Crippen molar-refractivity contribution in [3.63, 3.8) is 0 Å². The zero-order chi connectivity index (χ0) is 15.5. The van der Waals surface area contributed by atoms with E-state index < -0.39 is 0 Å². The zero-order valence-electron chi connectivity index (χ0n) is 12.2. The van der Waals surface area contributed by atoms with E-state index in [4.69, 9.17) is 14.2 Å². The molecule has 112 valence electrons. The van der Waals surface area contributed by atoms with Gasteiger partial charge >= 0.3 is 5.97 Å². The molecule has 0 N–H and O–H groups in total. The van der Waals surface area contributed by atoms with Crippen LogP contribution in [0.25, 0.3) is 6.08 Å². The fourth-order valence-electron chi connectivity index (χ4n) is 1.51. The minimum absolute atomic E-state index is 0.352. The Bertz CT molecular complexity index is 518. The quantitative estimate of drug-likeness (QED) is 0.397. The van der Waals surface area contributed by atoms with E-state index >= 15 is 0 Å². The molecule has 21 heavy (non-hydrogen) atoms. The summed E-state index contributed by atoms with van der Waals surface area (Å²) in [4.78, 5) is 11.3. The normalized spacial score (nSPS) is 10.1. The first-order chi connectivity index (χ1) is 10.2. The van der Waals surface area contributed by atoms with E-state index in [-0.39, 0.29) is 5.97 Å². The highest BCUT2D eigenvalue weighted by Crippen LogP contribution is 2.29. The fraction of sp³-hybridized carbons (Fsp3) is 0.235. The molecule has 4 heteroatoms. The second-order valence-corrected chi connectivity index (χ2v) is 3.99. The van der Waals surface area contributed by atoms with Gasteiger partial charge < -0.3 is 14.2 Å². The number of hydrogen-bond acceptors (Lipinski definition) is 4. The van der Waals surface area contributed by atoms with Gasteiger partial charge in [-0.15, -0.1) is 0 Å². The number of hydrogen-bond donors (Lipinski definition) is 0. The lowest BCUT2D eigenvalue weighted by Gasteiger charge is -2.11. The standard InChI is InChI=1S/C17H20O4/c1-4-11-20-15-9-7-14(8-10-17(18)19-6-3)13-16(15)21-12-5-2/h4-5,7-10,13H,1-2,6,11-12H2,3H3/b10-8+. The third-order valence-electron chi connectivity index (χ3n) is 2.38. The van der Waals surface area contributed by atoms with Crippen LogP contribution in [0.4, 0.5) is 0 Å². The highest BCUT2D eigenvalue weighted by atomic mass is 16.5. The predicted octanol–water partition coefficient (Wildman–Crippen LogP) is 3.39. The highest BCUT2D eigenvalue weighted by Gasteiger charge is 2.05. The molecule has 0 aliphatic carbocycles. The molecule has 0 aliphatic rings. The van der Waals surface area contributed by atoms with Crippen LogP contribution in [0, 0.1) is 0 Å². The van der Waals surface area contributed by atoms with Crippen LogP contribution < -0.4 is 9.47 Å². The Balaban J connectivity index is 2.88. The molecular formula is C17H20O4. The Labute approximate surface area is 125 Å². The number of esters is 1. The molecular weight excluding hydrogens is 268 g/mol. The first kappa shape index (κ1) is 16.6. The topological polar surface area (TPSA) is 44.8 Å². The van der Waals surface area contributed by atoms with Gasteiger partial charge in [-0.05, 0) is 30.7 Å². The summed E-state index contributed by atoms with van der Waals surface area (Å²) in [5.41, 5.74) is 0.813. The molecule has 0 bridgehead atoms. The maximum Gasteiger partial charge on any atom is 0.330 e. The van der Waals surface area contributed by atoms with Crippen molar-refractivity contribution in [3.05, 3.63) is 55.1 Å². The van der Waals surface area contributed by atoms with Crippen molar-refractivity contribution in [1.82, 2.24) is 0 Å². The summed E-state index contributed by atoms with van der Waals surface area (Å²) < 4.78 is 15.9. The lowest BCUT2D eigenvalue weighted by Crippen LogP contribution is -2.00. The molecule has 0 fully saturated rings. The lowest BCUT2D eigenvalue weighted by molar-refractivity contribution is -0.137. The largest absolute Gasteiger partial charge is 0.486 e. The van der Waals surface area contributed by atoms with E-state index in [1.165, 1.54) is 6.08 Å². The van der Waals surface area contributed by atoms with Gasteiger partial charge in [-0.3, -0.25) is 0 Å². The summed E-state index contributed by atoms with van der Waals surface area (Å²) in [6, 6.07) is 5.40. The van der Waals surface area contributed by atoms with E-state index in [9.17, 15) is 4.79 Å². The Morgan fingerprint density at radius 3 is 2.43 bits per heavy atom. The van der Waals surface area contributed by atoms with Gasteiger partial charge in [0.25, 0.3) is 0 Å². The molecule has 0 aromatic heterocycles. The first-order valence-electron chi connectivity index (χ1n) is 6.67. The number of benzene rings is 1. The van der Waals surface area contributed by atoms with E-state index in [2.05, 4.69) is 13.2 Å². The van der Waals surface area contributed by atoms with Gasteiger partial charge in [0, 0.05) is 6.08 Å². The second kappa shape index (κ2) is 9.42. The molecule has 1 aromatic rings. The molecule has 4 nitrogen and oxygen atoms in total. The van der Waals surface area contributed by atoms with Crippen LogP contribution >= 0.6 is 0 Å². The number of carbonyl (C=O) groups excluding carboxylic acids is 1. The highest BCUT2D eigenvalue weighted by molar-refractivity contribution is 5.87. The van der Waals surface area contributed by atoms with Crippen LogP contribution in [-0.2, 0) is 9.53 Å². The minimum Gasteiger partial charge on any atom is -0.486 e. The molecule has 0 spiro atoms. The molecule has 1 rings (SSSR count). The third-order valence-corrected chi connectivity index (χ3v) is 2.38. The van der Waals surface area contributed by atoms with Gasteiger partial charge in [-0.2, -0.15) is 0 Å². The van der Waals surface area contributed by atoms with Gasteiger partial charge in [0.2, 0.25) is 0 Å². The van der Waals surface area contributed by atoms with E-state index in [0.29, 0.717) is 31.3 Å². The number of carbonyl (C=O) groups is 1. The van der Waals surface area contributed by atoms with Crippen LogP contribution in [0.15, 0.2) is 49.6 Å². The molecule has 0 radical (unpaired) electrons. The average Bonchev–Trinajstić information content (AvgIpc) is 2.50. The predicted molar refractivity (Wildman–Crippen MR) is 83.5 cm³/mol. The molecule has 0 heterocycles. The summed E-state index contributed by atoms with van der Waals surface area (Å²) in [6.45, 7) is 10.1. The van der Waals surface area contributed by atoms with Crippen molar-refractivity contribution >= 4 is 12.0 Å². The van der Waals surface area contributed by atoms with Crippen molar-refractivity contribution in [2.45, 2.75) is 6.92 Å². The SMILES string of the molecule is C=CCOc1ccc(/C=C/C(=O)OCC)cc1OCC=C. The molecule has 0 atom stereocenters.